The van der Waals surface area contributed by atoms with Crippen LogP contribution in [-0.2, 0) is 6.54 Å². The van der Waals surface area contributed by atoms with E-state index in [2.05, 4.69) is 44.1 Å². The van der Waals surface area contributed by atoms with Crippen LogP contribution in [0.15, 0.2) is 45.3 Å². The SMILES string of the molecule is CCCNCc1ccc(Br)cc1Oc1ccc(Br)cc1F. The van der Waals surface area contributed by atoms with E-state index in [1.807, 2.05) is 18.2 Å². The zero-order chi connectivity index (χ0) is 15.2. The van der Waals surface area contributed by atoms with Crippen molar-refractivity contribution >= 4 is 31.9 Å². The molecule has 0 fully saturated rings. The number of hydrogen-bond donors (Lipinski definition) is 1. The lowest BCUT2D eigenvalue weighted by Gasteiger charge is -2.13. The van der Waals surface area contributed by atoms with Crippen molar-refractivity contribution in [3.8, 4) is 11.5 Å². The Bertz CT molecular complexity index is 619. The van der Waals surface area contributed by atoms with E-state index in [4.69, 9.17) is 4.74 Å². The van der Waals surface area contributed by atoms with Gasteiger partial charge in [-0.1, -0.05) is 44.8 Å². The van der Waals surface area contributed by atoms with Gasteiger partial charge in [-0.2, -0.15) is 0 Å². The summed E-state index contributed by atoms with van der Waals surface area (Å²) >= 11 is 6.66. The van der Waals surface area contributed by atoms with Crippen LogP contribution in [0.1, 0.15) is 18.9 Å². The van der Waals surface area contributed by atoms with Crippen molar-refractivity contribution in [2.75, 3.05) is 6.54 Å². The molecule has 0 bridgehead atoms. The highest BCUT2D eigenvalue weighted by Gasteiger charge is 2.10. The monoisotopic (exact) mass is 415 g/mol. The largest absolute Gasteiger partial charge is 0.454 e. The molecular weight excluding hydrogens is 401 g/mol. The number of nitrogens with one attached hydrogen (secondary N) is 1. The normalized spacial score (nSPS) is 10.7. The average Bonchev–Trinajstić information content (AvgIpc) is 2.44. The molecule has 2 aromatic rings. The molecule has 21 heavy (non-hydrogen) atoms. The van der Waals surface area contributed by atoms with Crippen molar-refractivity contribution in [1.82, 2.24) is 5.32 Å². The van der Waals surface area contributed by atoms with Crippen LogP contribution in [0.25, 0.3) is 0 Å². The Kier molecular flexibility index (Phi) is 6.21. The van der Waals surface area contributed by atoms with E-state index >= 15 is 0 Å². The van der Waals surface area contributed by atoms with Crippen molar-refractivity contribution in [2.24, 2.45) is 0 Å². The van der Waals surface area contributed by atoms with Gasteiger partial charge in [0, 0.05) is 21.1 Å². The van der Waals surface area contributed by atoms with Gasteiger partial charge < -0.3 is 10.1 Å². The summed E-state index contributed by atoms with van der Waals surface area (Å²) in [6.45, 7) is 3.74. The molecule has 1 N–H and O–H groups in total. The van der Waals surface area contributed by atoms with E-state index in [9.17, 15) is 4.39 Å². The minimum absolute atomic E-state index is 0.216. The third-order valence-corrected chi connectivity index (χ3v) is 3.87. The van der Waals surface area contributed by atoms with E-state index in [1.165, 1.54) is 6.07 Å². The topological polar surface area (TPSA) is 21.3 Å². The van der Waals surface area contributed by atoms with Crippen LogP contribution >= 0.6 is 31.9 Å². The Morgan fingerprint density at radius 2 is 1.76 bits per heavy atom. The molecule has 0 spiro atoms. The van der Waals surface area contributed by atoms with E-state index in [1.54, 1.807) is 12.1 Å². The summed E-state index contributed by atoms with van der Waals surface area (Å²) in [6.07, 6.45) is 1.06. The van der Waals surface area contributed by atoms with Gasteiger partial charge in [-0.15, -0.1) is 0 Å². The molecule has 0 aliphatic carbocycles. The standard InChI is InChI=1S/C16H16Br2FNO/c1-2-7-20-10-11-3-4-13(18)9-16(11)21-15-6-5-12(17)8-14(15)19/h3-6,8-9,20H,2,7,10H2,1H3. The molecule has 2 aromatic carbocycles. The molecule has 0 saturated heterocycles. The maximum atomic E-state index is 13.9. The first kappa shape index (κ1) is 16.5. The second-order valence-electron chi connectivity index (χ2n) is 4.61. The van der Waals surface area contributed by atoms with Gasteiger partial charge in [-0.05, 0) is 43.3 Å². The second kappa shape index (κ2) is 7.92. The summed E-state index contributed by atoms with van der Waals surface area (Å²) in [5.74, 6) is 0.471. The summed E-state index contributed by atoms with van der Waals surface area (Å²) in [5, 5.41) is 3.32. The third-order valence-electron chi connectivity index (χ3n) is 2.89. The van der Waals surface area contributed by atoms with E-state index in [-0.39, 0.29) is 5.75 Å². The lowest BCUT2D eigenvalue weighted by atomic mass is 10.2. The highest BCUT2D eigenvalue weighted by atomic mass is 79.9. The lowest BCUT2D eigenvalue weighted by molar-refractivity contribution is 0.435. The summed E-state index contributed by atoms with van der Waals surface area (Å²) in [6, 6.07) is 10.5. The summed E-state index contributed by atoms with van der Waals surface area (Å²) in [5.41, 5.74) is 0.994. The van der Waals surface area contributed by atoms with Crippen molar-refractivity contribution in [1.29, 1.82) is 0 Å². The number of benzene rings is 2. The zero-order valence-corrected chi connectivity index (χ0v) is 14.8. The predicted octanol–water partition coefficient (Wildman–Crippen LogP) is 5.64. The average molecular weight is 417 g/mol. The molecule has 2 nitrogen and oxygen atoms in total. The number of halogens is 3. The second-order valence-corrected chi connectivity index (χ2v) is 6.44. The fourth-order valence-corrected chi connectivity index (χ4v) is 2.52. The quantitative estimate of drug-likeness (QED) is 0.615. The summed E-state index contributed by atoms with van der Waals surface area (Å²) < 4.78 is 21.2. The molecule has 0 heterocycles. The maximum Gasteiger partial charge on any atom is 0.166 e. The fourth-order valence-electron chi connectivity index (χ4n) is 1.85. The lowest BCUT2D eigenvalue weighted by Crippen LogP contribution is -2.14. The molecule has 0 aromatic heterocycles. The van der Waals surface area contributed by atoms with Gasteiger partial charge in [0.25, 0.3) is 0 Å². The number of rotatable bonds is 6. The molecule has 0 saturated carbocycles. The first-order chi connectivity index (χ1) is 10.1. The molecule has 0 amide bonds. The first-order valence-electron chi connectivity index (χ1n) is 6.72. The van der Waals surface area contributed by atoms with Crippen LogP contribution in [0, 0.1) is 5.82 Å². The summed E-state index contributed by atoms with van der Waals surface area (Å²) in [7, 11) is 0. The van der Waals surface area contributed by atoms with Gasteiger partial charge >= 0.3 is 0 Å². The van der Waals surface area contributed by atoms with Gasteiger partial charge in [0.2, 0.25) is 0 Å². The highest BCUT2D eigenvalue weighted by Crippen LogP contribution is 2.31. The highest BCUT2D eigenvalue weighted by molar-refractivity contribution is 9.10. The van der Waals surface area contributed by atoms with Gasteiger partial charge in [0.15, 0.2) is 11.6 Å². The summed E-state index contributed by atoms with van der Waals surface area (Å²) in [4.78, 5) is 0. The zero-order valence-electron chi connectivity index (χ0n) is 11.6. The minimum Gasteiger partial charge on any atom is -0.454 e. The van der Waals surface area contributed by atoms with Crippen molar-refractivity contribution in [3.63, 3.8) is 0 Å². The van der Waals surface area contributed by atoms with E-state index in [0.29, 0.717) is 16.8 Å². The van der Waals surface area contributed by atoms with Crippen molar-refractivity contribution in [3.05, 3.63) is 56.7 Å². The Labute approximate surface area is 141 Å². The Balaban J connectivity index is 2.22. The van der Waals surface area contributed by atoms with Crippen molar-refractivity contribution in [2.45, 2.75) is 19.9 Å². The van der Waals surface area contributed by atoms with Crippen LogP contribution in [0.5, 0.6) is 11.5 Å². The molecule has 2 rings (SSSR count). The van der Waals surface area contributed by atoms with Crippen LogP contribution < -0.4 is 10.1 Å². The third kappa shape index (κ3) is 4.80. The molecule has 0 atom stereocenters. The minimum atomic E-state index is -0.392. The van der Waals surface area contributed by atoms with Crippen LogP contribution in [0.4, 0.5) is 4.39 Å². The number of hydrogen-bond acceptors (Lipinski definition) is 2. The molecule has 0 radical (unpaired) electrons. The van der Waals surface area contributed by atoms with Crippen LogP contribution in [-0.4, -0.2) is 6.54 Å². The predicted molar refractivity (Wildman–Crippen MR) is 90.3 cm³/mol. The maximum absolute atomic E-state index is 13.9. The van der Waals surface area contributed by atoms with E-state index in [0.717, 1.165) is 23.0 Å². The van der Waals surface area contributed by atoms with E-state index < -0.39 is 5.82 Å². The molecule has 0 aliphatic heterocycles. The van der Waals surface area contributed by atoms with Crippen LogP contribution in [0.3, 0.4) is 0 Å². The molecule has 5 heteroatoms. The van der Waals surface area contributed by atoms with Gasteiger partial charge in [-0.25, -0.2) is 4.39 Å². The van der Waals surface area contributed by atoms with Gasteiger partial charge in [-0.3, -0.25) is 0 Å². The smallest absolute Gasteiger partial charge is 0.166 e. The molecule has 112 valence electrons. The van der Waals surface area contributed by atoms with Gasteiger partial charge in [0.1, 0.15) is 5.75 Å². The Hall–Kier alpha value is -0.910. The Morgan fingerprint density at radius 1 is 1.05 bits per heavy atom. The fraction of sp³-hybridized carbons (Fsp3) is 0.250. The molecule has 0 aliphatic rings. The molecular formula is C16H16Br2FNO. The van der Waals surface area contributed by atoms with Crippen LogP contribution in [0.2, 0.25) is 0 Å². The first-order valence-corrected chi connectivity index (χ1v) is 8.31. The van der Waals surface area contributed by atoms with Crippen molar-refractivity contribution < 1.29 is 9.13 Å². The number of ether oxygens (including phenoxy) is 1. The van der Waals surface area contributed by atoms with Gasteiger partial charge in [0.05, 0.1) is 0 Å². The molecule has 0 unspecified atom stereocenters. The Morgan fingerprint density at radius 3 is 2.48 bits per heavy atom.